The van der Waals surface area contributed by atoms with Gasteiger partial charge in [0.25, 0.3) is 0 Å². The molecule has 0 saturated carbocycles. The van der Waals surface area contributed by atoms with Crippen LogP contribution in [0.3, 0.4) is 0 Å². The number of hydrogen-bond donors (Lipinski definition) is 1. The molecule has 1 aliphatic heterocycles. The molecule has 8 heteroatoms. The van der Waals surface area contributed by atoms with E-state index in [-0.39, 0.29) is 18.3 Å². The molecule has 2 aromatic carbocycles. The van der Waals surface area contributed by atoms with E-state index in [0.29, 0.717) is 42.5 Å². The van der Waals surface area contributed by atoms with Gasteiger partial charge in [0.05, 0.1) is 5.69 Å². The molecule has 0 aliphatic carbocycles. The molecule has 1 amide bonds. The molecule has 1 saturated heterocycles. The summed E-state index contributed by atoms with van der Waals surface area (Å²) < 4.78 is 16.2. The fraction of sp³-hybridized carbons (Fsp3) is 0.286. The highest BCUT2D eigenvalue weighted by Gasteiger charge is 2.24. The topological polar surface area (TPSA) is 57.2 Å². The third kappa shape index (κ3) is 4.07. The number of amides is 1. The molecule has 150 valence electrons. The minimum absolute atomic E-state index is 0.0240. The summed E-state index contributed by atoms with van der Waals surface area (Å²) in [6, 6.07) is 14.7. The zero-order valence-electron chi connectivity index (χ0n) is 16.1. The molecule has 0 unspecified atom stereocenters. The van der Waals surface area contributed by atoms with E-state index in [1.165, 1.54) is 6.07 Å². The first kappa shape index (κ1) is 19.3. The molecule has 0 atom stereocenters. The number of hydrogen-bond acceptors (Lipinski definition) is 4. The highest BCUT2D eigenvalue weighted by atomic mass is 32.1. The second-order valence-corrected chi connectivity index (χ2v) is 7.51. The van der Waals surface area contributed by atoms with Crippen molar-refractivity contribution in [3.8, 4) is 11.4 Å². The van der Waals surface area contributed by atoms with Crippen molar-refractivity contribution in [3.63, 3.8) is 0 Å². The third-order valence-corrected chi connectivity index (χ3v) is 5.50. The Morgan fingerprint density at radius 1 is 1.10 bits per heavy atom. The first-order valence-corrected chi connectivity index (χ1v) is 9.93. The smallest absolute Gasteiger partial charge is 0.242 e. The van der Waals surface area contributed by atoms with Gasteiger partial charge in [-0.1, -0.05) is 42.0 Å². The van der Waals surface area contributed by atoms with Crippen LogP contribution in [-0.4, -0.2) is 51.8 Å². The second-order valence-electron chi connectivity index (χ2n) is 7.12. The normalized spacial score (nSPS) is 14.3. The maximum atomic E-state index is 14.0. The average Bonchev–Trinajstić information content (AvgIpc) is 3.09. The van der Waals surface area contributed by atoms with Crippen LogP contribution in [0.2, 0.25) is 0 Å². The van der Waals surface area contributed by atoms with Crippen molar-refractivity contribution in [2.75, 3.05) is 31.1 Å². The third-order valence-electron chi connectivity index (χ3n) is 5.19. The first-order chi connectivity index (χ1) is 14.0. The molecule has 0 radical (unpaired) electrons. The van der Waals surface area contributed by atoms with Gasteiger partial charge in [0, 0.05) is 31.7 Å². The maximum absolute atomic E-state index is 14.0. The summed E-state index contributed by atoms with van der Waals surface area (Å²) >= 11 is 5.34. The van der Waals surface area contributed by atoms with Crippen LogP contribution in [0.15, 0.2) is 48.5 Å². The van der Waals surface area contributed by atoms with Gasteiger partial charge in [-0.3, -0.25) is 14.5 Å². The van der Waals surface area contributed by atoms with Crippen molar-refractivity contribution in [3.05, 3.63) is 64.7 Å². The van der Waals surface area contributed by atoms with E-state index in [1.807, 2.05) is 42.2 Å². The van der Waals surface area contributed by atoms with Crippen molar-refractivity contribution in [1.82, 2.24) is 19.7 Å². The number of carbonyl (C=O) groups is 1. The van der Waals surface area contributed by atoms with Gasteiger partial charge in [0.1, 0.15) is 12.4 Å². The molecule has 1 fully saturated rings. The lowest BCUT2D eigenvalue weighted by Crippen LogP contribution is -2.49. The molecule has 6 nitrogen and oxygen atoms in total. The SMILES string of the molecule is Cc1ccc(-c2n[nH]c(=S)n2CC(=O)N2CCN(c3ccccc3F)CC2)cc1. The summed E-state index contributed by atoms with van der Waals surface area (Å²) in [6.07, 6.45) is 0. The standard InChI is InChI=1S/C21H22FN5OS/c1-15-6-8-16(9-7-15)20-23-24-21(29)27(20)14-19(28)26-12-10-25(11-13-26)18-5-3-2-4-17(18)22/h2-9H,10-14H2,1H3,(H,24,29). The fourth-order valence-corrected chi connectivity index (χ4v) is 3.72. The van der Waals surface area contributed by atoms with Gasteiger partial charge in [0.2, 0.25) is 5.91 Å². The maximum Gasteiger partial charge on any atom is 0.242 e. The molecule has 0 spiro atoms. The number of para-hydroxylation sites is 1. The lowest BCUT2D eigenvalue weighted by molar-refractivity contribution is -0.132. The van der Waals surface area contributed by atoms with Gasteiger partial charge in [-0.25, -0.2) is 4.39 Å². The van der Waals surface area contributed by atoms with E-state index >= 15 is 0 Å². The van der Waals surface area contributed by atoms with Crippen LogP contribution in [-0.2, 0) is 11.3 Å². The van der Waals surface area contributed by atoms with Crippen LogP contribution < -0.4 is 4.90 Å². The lowest BCUT2D eigenvalue weighted by Gasteiger charge is -2.36. The summed E-state index contributed by atoms with van der Waals surface area (Å²) in [5.74, 6) is 0.386. The number of nitrogens with one attached hydrogen (secondary N) is 1. The molecule has 3 aromatic rings. The van der Waals surface area contributed by atoms with Crippen LogP contribution >= 0.6 is 12.2 Å². The Kier molecular flexibility index (Phi) is 5.44. The van der Waals surface area contributed by atoms with Crippen molar-refractivity contribution in [1.29, 1.82) is 0 Å². The van der Waals surface area contributed by atoms with E-state index in [9.17, 15) is 9.18 Å². The van der Waals surface area contributed by atoms with Crippen LogP contribution in [0.25, 0.3) is 11.4 Å². The van der Waals surface area contributed by atoms with Crippen molar-refractivity contribution in [2.45, 2.75) is 13.5 Å². The van der Waals surface area contributed by atoms with E-state index in [4.69, 9.17) is 12.2 Å². The number of aromatic nitrogens is 3. The molecular formula is C21H22FN5OS. The first-order valence-electron chi connectivity index (χ1n) is 9.52. The van der Waals surface area contributed by atoms with E-state index in [1.54, 1.807) is 21.6 Å². The van der Waals surface area contributed by atoms with Crippen LogP contribution in [0.1, 0.15) is 5.56 Å². The summed E-state index contributed by atoms with van der Waals surface area (Å²) in [7, 11) is 0. The molecule has 1 N–H and O–H groups in total. The molecule has 1 aliphatic rings. The predicted octanol–water partition coefficient (Wildman–Crippen LogP) is 3.40. The van der Waals surface area contributed by atoms with Crippen LogP contribution in [0, 0.1) is 17.5 Å². The van der Waals surface area contributed by atoms with E-state index < -0.39 is 0 Å². The fourth-order valence-electron chi connectivity index (χ4n) is 3.53. The van der Waals surface area contributed by atoms with E-state index in [2.05, 4.69) is 10.2 Å². The van der Waals surface area contributed by atoms with Gasteiger partial charge in [-0.15, -0.1) is 0 Å². The summed E-state index contributed by atoms with van der Waals surface area (Å²) in [6.45, 7) is 4.41. The van der Waals surface area contributed by atoms with Crippen LogP contribution in [0.4, 0.5) is 10.1 Å². The summed E-state index contributed by atoms with van der Waals surface area (Å²) in [5, 5.41) is 7.09. The molecule has 29 heavy (non-hydrogen) atoms. The van der Waals surface area contributed by atoms with Gasteiger partial charge >= 0.3 is 0 Å². The Morgan fingerprint density at radius 3 is 2.48 bits per heavy atom. The molecule has 1 aromatic heterocycles. The minimum Gasteiger partial charge on any atom is -0.366 e. The Morgan fingerprint density at radius 2 is 1.79 bits per heavy atom. The zero-order valence-corrected chi connectivity index (χ0v) is 17.0. The number of piperazine rings is 1. The summed E-state index contributed by atoms with van der Waals surface area (Å²) in [4.78, 5) is 16.7. The number of benzene rings is 2. The zero-order chi connectivity index (χ0) is 20.4. The average molecular weight is 412 g/mol. The van der Waals surface area contributed by atoms with Crippen LogP contribution in [0.5, 0.6) is 0 Å². The number of H-pyrrole nitrogens is 1. The van der Waals surface area contributed by atoms with Crippen molar-refractivity contribution in [2.24, 2.45) is 0 Å². The molecular weight excluding hydrogens is 389 g/mol. The molecule has 4 rings (SSSR count). The Hall–Kier alpha value is -3.00. The quantitative estimate of drug-likeness (QED) is 0.669. The summed E-state index contributed by atoms with van der Waals surface area (Å²) in [5.41, 5.74) is 2.64. The number of aromatic amines is 1. The van der Waals surface area contributed by atoms with Crippen molar-refractivity contribution >= 4 is 23.8 Å². The lowest BCUT2D eigenvalue weighted by atomic mass is 10.1. The van der Waals surface area contributed by atoms with Gasteiger partial charge in [-0.2, -0.15) is 5.10 Å². The number of nitrogens with zero attached hydrogens (tertiary/aromatic N) is 4. The van der Waals surface area contributed by atoms with Gasteiger partial charge in [-0.05, 0) is 31.3 Å². The predicted molar refractivity (Wildman–Crippen MR) is 113 cm³/mol. The number of aryl methyl sites for hydroxylation is 1. The highest BCUT2D eigenvalue weighted by Crippen LogP contribution is 2.21. The minimum atomic E-state index is -0.236. The monoisotopic (exact) mass is 411 g/mol. The van der Waals surface area contributed by atoms with Gasteiger partial charge in [0.15, 0.2) is 10.6 Å². The largest absolute Gasteiger partial charge is 0.366 e. The second kappa shape index (κ2) is 8.16. The highest BCUT2D eigenvalue weighted by molar-refractivity contribution is 7.71. The molecule has 2 heterocycles. The van der Waals surface area contributed by atoms with E-state index in [0.717, 1.165) is 11.1 Å². The van der Waals surface area contributed by atoms with Gasteiger partial charge < -0.3 is 9.80 Å². The number of carbonyl (C=O) groups excluding carboxylic acids is 1. The number of anilines is 1. The molecule has 0 bridgehead atoms. The number of rotatable bonds is 4. The van der Waals surface area contributed by atoms with Crippen molar-refractivity contribution < 1.29 is 9.18 Å². The number of halogens is 1. The Balaban J connectivity index is 1.45. The Labute approximate surface area is 173 Å². The Bertz CT molecular complexity index is 1070.